The molecule has 0 aliphatic carbocycles. The van der Waals surface area contributed by atoms with Gasteiger partial charge in [-0.05, 0) is 44.6 Å². The molecule has 7 heteroatoms. The Morgan fingerprint density at radius 2 is 1.79 bits per heavy atom. The van der Waals surface area contributed by atoms with E-state index >= 15 is 0 Å². The number of aromatic nitrogens is 2. The van der Waals surface area contributed by atoms with E-state index in [9.17, 15) is 0 Å². The van der Waals surface area contributed by atoms with Crippen LogP contribution in [0.4, 0.5) is 5.95 Å². The first-order valence-electron chi connectivity index (χ1n) is 7.79. The second-order valence-electron chi connectivity index (χ2n) is 5.23. The van der Waals surface area contributed by atoms with Gasteiger partial charge in [0, 0.05) is 17.9 Å². The number of nitrogens with zero attached hydrogens (tertiary/aromatic N) is 3. The van der Waals surface area contributed by atoms with Crippen molar-refractivity contribution in [3.05, 3.63) is 53.3 Å². The molecule has 0 radical (unpaired) electrons. The van der Waals surface area contributed by atoms with Gasteiger partial charge in [0.05, 0.1) is 6.54 Å². The number of hydrogen-bond acceptors (Lipinski definition) is 4. The number of thiocarbonyl (C=S) groups is 1. The van der Waals surface area contributed by atoms with Crippen molar-refractivity contribution < 1.29 is 0 Å². The number of hydrogen-bond donors (Lipinski definition) is 3. The van der Waals surface area contributed by atoms with Crippen molar-refractivity contribution in [2.24, 2.45) is 4.99 Å². The molecular weight excluding hydrogens is 320 g/mol. The zero-order valence-corrected chi connectivity index (χ0v) is 14.9. The summed E-state index contributed by atoms with van der Waals surface area (Å²) >= 11 is 5.24. The zero-order valence-electron chi connectivity index (χ0n) is 14.1. The Hall–Kier alpha value is -2.54. The van der Waals surface area contributed by atoms with Gasteiger partial charge in [-0.15, -0.1) is 0 Å². The number of aliphatic imine (C=N–C) groups is 1. The molecule has 0 spiro atoms. The van der Waals surface area contributed by atoms with E-state index < -0.39 is 0 Å². The highest BCUT2D eigenvalue weighted by atomic mass is 32.1. The highest BCUT2D eigenvalue weighted by molar-refractivity contribution is 7.80. The highest BCUT2D eigenvalue weighted by Crippen LogP contribution is 2.05. The van der Waals surface area contributed by atoms with Crippen LogP contribution >= 0.6 is 12.2 Å². The molecule has 1 aromatic carbocycles. The lowest BCUT2D eigenvalue weighted by atomic mass is 10.2. The maximum absolute atomic E-state index is 5.24. The number of anilines is 1. The largest absolute Gasteiger partial charge is 0.363 e. The fraction of sp³-hybridized carbons (Fsp3) is 0.294. The third-order valence-electron chi connectivity index (χ3n) is 3.04. The molecule has 1 aromatic heterocycles. The van der Waals surface area contributed by atoms with Gasteiger partial charge in [-0.25, -0.2) is 15.0 Å². The van der Waals surface area contributed by atoms with Crippen LogP contribution in [0.2, 0.25) is 0 Å². The predicted octanol–water partition coefficient (Wildman–Crippen LogP) is 2.55. The summed E-state index contributed by atoms with van der Waals surface area (Å²) < 4.78 is 0. The Kier molecular flexibility index (Phi) is 6.62. The van der Waals surface area contributed by atoms with Crippen LogP contribution in [0.5, 0.6) is 0 Å². The Labute approximate surface area is 147 Å². The molecule has 0 bridgehead atoms. The molecule has 0 saturated carbocycles. The van der Waals surface area contributed by atoms with Crippen LogP contribution in [0.25, 0.3) is 0 Å². The molecule has 0 amide bonds. The Balaban J connectivity index is 2.16. The topological polar surface area (TPSA) is 74.2 Å². The van der Waals surface area contributed by atoms with Crippen molar-refractivity contribution in [2.75, 3.05) is 11.9 Å². The van der Waals surface area contributed by atoms with Gasteiger partial charge < -0.3 is 10.6 Å². The molecule has 0 atom stereocenters. The molecule has 24 heavy (non-hydrogen) atoms. The summed E-state index contributed by atoms with van der Waals surface area (Å²) in [4.78, 5) is 13.3. The molecule has 126 valence electrons. The Bertz CT molecular complexity index is 694. The predicted molar refractivity (Wildman–Crippen MR) is 102 cm³/mol. The van der Waals surface area contributed by atoms with Gasteiger partial charge in [-0.3, -0.25) is 5.32 Å². The summed E-state index contributed by atoms with van der Waals surface area (Å²) in [5, 5.41) is 9.71. The second-order valence-corrected chi connectivity index (χ2v) is 5.64. The minimum absolute atomic E-state index is 0.492. The number of aryl methyl sites for hydroxylation is 2. The summed E-state index contributed by atoms with van der Waals surface area (Å²) in [5.41, 5.74) is 2.89. The fourth-order valence-corrected chi connectivity index (χ4v) is 2.31. The van der Waals surface area contributed by atoms with E-state index in [4.69, 9.17) is 12.2 Å². The van der Waals surface area contributed by atoms with Crippen molar-refractivity contribution in [3.8, 4) is 0 Å². The Morgan fingerprint density at radius 3 is 2.42 bits per heavy atom. The van der Waals surface area contributed by atoms with Crippen LogP contribution in [0.1, 0.15) is 23.9 Å². The van der Waals surface area contributed by atoms with Gasteiger partial charge in [0.1, 0.15) is 0 Å². The van der Waals surface area contributed by atoms with Crippen LogP contribution < -0.4 is 16.0 Å². The van der Waals surface area contributed by atoms with E-state index in [0.29, 0.717) is 23.6 Å². The average Bonchev–Trinajstić information content (AvgIpc) is 2.53. The minimum Gasteiger partial charge on any atom is -0.363 e. The third kappa shape index (κ3) is 5.92. The molecule has 2 rings (SSSR count). The standard InChI is InChI=1S/C17H22N6S/c1-4-18-17(24)23-15(19-11-14-8-6-5-7-9-14)22-16-20-12(2)10-13(3)21-16/h5-10H,4,11H2,1-3H3,(H3,18,19,20,21,22,23,24). The minimum atomic E-state index is 0.492. The van der Waals surface area contributed by atoms with Crippen LogP contribution in [-0.2, 0) is 6.54 Å². The van der Waals surface area contributed by atoms with Crippen LogP contribution in [0.15, 0.2) is 41.4 Å². The van der Waals surface area contributed by atoms with E-state index in [1.807, 2.05) is 57.2 Å². The third-order valence-corrected chi connectivity index (χ3v) is 3.29. The number of guanidine groups is 1. The maximum atomic E-state index is 5.24. The molecule has 0 fully saturated rings. The summed E-state index contributed by atoms with van der Waals surface area (Å²) in [7, 11) is 0. The van der Waals surface area contributed by atoms with Gasteiger partial charge in [-0.1, -0.05) is 30.3 Å². The van der Waals surface area contributed by atoms with Crippen molar-refractivity contribution in [1.82, 2.24) is 20.6 Å². The molecule has 0 aliphatic heterocycles. The molecular formula is C17H22N6S. The molecule has 3 N–H and O–H groups in total. The first-order chi connectivity index (χ1) is 11.6. The quantitative estimate of drug-likeness (QED) is 0.450. The van der Waals surface area contributed by atoms with Crippen LogP contribution in [0, 0.1) is 13.8 Å². The molecule has 0 aliphatic rings. The number of nitrogens with one attached hydrogen (secondary N) is 3. The molecule has 0 unspecified atom stereocenters. The number of rotatable bonds is 4. The van der Waals surface area contributed by atoms with Gasteiger partial charge >= 0.3 is 0 Å². The van der Waals surface area contributed by atoms with Crippen LogP contribution in [0.3, 0.4) is 0 Å². The second kappa shape index (κ2) is 8.93. The molecule has 1 heterocycles. The van der Waals surface area contributed by atoms with E-state index in [-0.39, 0.29) is 0 Å². The Morgan fingerprint density at radius 1 is 1.12 bits per heavy atom. The lowest BCUT2D eigenvalue weighted by Gasteiger charge is -2.13. The van der Waals surface area contributed by atoms with Gasteiger partial charge in [0.25, 0.3) is 0 Å². The SMILES string of the molecule is CCNC(=S)NC(=NCc1ccccc1)Nc1nc(C)cc(C)n1. The van der Waals surface area contributed by atoms with Crippen molar-refractivity contribution in [3.63, 3.8) is 0 Å². The van der Waals surface area contributed by atoms with Crippen molar-refractivity contribution >= 4 is 29.2 Å². The molecule has 2 aromatic rings. The van der Waals surface area contributed by atoms with Gasteiger partial charge in [0.2, 0.25) is 11.9 Å². The van der Waals surface area contributed by atoms with Crippen LogP contribution in [-0.4, -0.2) is 27.6 Å². The van der Waals surface area contributed by atoms with E-state index in [2.05, 4.69) is 30.9 Å². The average molecular weight is 342 g/mol. The zero-order chi connectivity index (χ0) is 17.4. The molecule has 0 saturated heterocycles. The summed E-state index contributed by atoms with van der Waals surface area (Å²) in [6, 6.07) is 11.9. The summed E-state index contributed by atoms with van der Waals surface area (Å²) in [5.74, 6) is 1.00. The highest BCUT2D eigenvalue weighted by Gasteiger charge is 2.06. The molecule has 6 nitrogen and oxygen atoms in total. The van der Waals surface area contributed by atoms with Crippen molar-refractivity contribution in [2.45, 2.75) is 27.3 Å². The maximum Gasteiger partial charge on any atom is 0.229 e. The lowest BCUT2D eigenvalue weighted by molar-refractivity contribution is 0.948. The first kappa shape index (κ1) is 17.8. The monoisotopic (exact) mass is 342 g/mol. The number of benzene rings is 1. The smallest absolute Gasteiger partial charge is 0.229 e. The fourth-order valence-electron chi connectivity index (χ4n) is 2.06. The van der Waals surface area contributed by atoms with Gasteiger partial charge in [0.15, 0.2) is 5.11 Å². The van der Waals surface area contributed by atoms with E-state index in [1.54, 1.807) is 0 Å². The van der Waals surface area contributed by atoms with E-state index in [1.165, 1.54) is 0 Å². The van der Waals surface area contributed by atoms with Crippen molar-refractivity contribution in [1.29, 1.82) is 0 Å². The van der Waals surface area contributed by atoms with E-state index in [0.717, 1.165) is 23.5 Å². The normalized spacial score (nSPS) is 11.0. The summed E-state index contributed by atoms with van der Waals surface area (Å²) in [6.45, 7) is 7.09. The lowest BCUT2D eigenvalue weighted by Crippen LogP contribution is -2.42. The first-order valence-corrected chi connectivity index (χ1v) is 8.20. The summed E-state index contributed by atoms with van der Waals surface area (Å²) in [6.07, 6.45) is 0. The van der Waals surface area contributed by atoms with Gasteiger partial charge in [-0.2, -0.15) is 0 Å².